The fourth-order valence-corrected chi connectivity index (χ4v) is 2.95. The van der Waals surface area contributed by atoms with Gasteiger partial charge in [-0.25, -0.2) is 5.48 Å². The molecule has 1 heterocycles. The van der Waals surface area contributed by atoms with Crippen LogP contribution in [0.1, 0.15) is 35.1 Å². The zero-order chi connectivity index (χ0) is 20.2. The second kappa shape index (κ2) is 8.30. The summed E-state index contributed by atoms with van der Waals surface area (Å²) in [5.41, 5.74) is 5.44. The molecular weight excluding hydrogens is 372 g/mol. The molecule has 0 unspecified atom stereocenters. The summed E-state index contributed by atoms with van der Waals surface area (Å²) in [7, 11) is 0. The summed E-state index contributed by atoms with van der Waals surface area (Å²) in [5, 5.41) is 11.6. The van der Waals surface area contributed by atoms with E-state index in [4.69, 9.17) is 15.0 Å². The molecule has 0 bridgehead atoms. The van der Waals surface area contributed by atoms with Gasteiger partial charge in [0.25, 0.3) is 11.8 Å². The van der Waals surface area contributed by atoms with E-state index < -0.39 is 5.91 Å². The number of hydrogen-bond donors (Lipinski definition) is 3. The third-order valence-corrected chi connectivity index (χ3v) is 4.68. The predicted molar refractivity (Wildman–Crippen MR) is 106 cm³/mol. The number of nitrogens with one attached hydrogen (secondary N) is 2. The van der Waals surface area contributed by atoms with Crippen molar-refractivity contribution in [2.45, 2.75) is 25.5 Å². The highest BCUT2D eigenvalue weighted by Crippen LogP contribution is 2.31. The minimum Gasteiger partial charge on any atom is -0.349 e. The van der Waals surface area contributed by atoms with E-state index in [0.29, 0.717) is 17.9 Å². The molecular formula is C22H20N2O5. The fourth-order valence-electron chi connectivity index (χ4n) is 2.95. The van der Waals surface area contributed by atoms with Gasteiger partial charge < -0.3 is 10.2 Å². The van der Waals surface area contributed by atoms with Crippen molar-refractivity contribution in [2.75, 3.05) is 0 Å². The van der Waals surface area contributed by atoms with Gasteiger partial charge in [0.1, 0.15) is 6.61 Å². The van der Waals surface area contributed by atoms with Gasteiger partial charge in [0.2, 0.25) is 0 Å². The lowest BCUT2D eigenvalue weighted by atomic mass is 9.99. The molecule has 7 nitrogen and oxygen atoms in total. The standard InChI is InChI=1S/C22H20N2O5/c25-21(24-27)10-5-14-1-3-15(4-2-14)11-19(22(26)23-18-7-8-18)16-6-9-20-17(12-16)13-28-29-20/h1-6,9-12,18,27H,7-8,13H2,(H,23,26)(H,24,25). The van der Waals surface area contributed by atoms with Crippen molar-refractivity contribution in [2.24, 2.45) is 0 Å². The smallest absolute Gasteiger partial charge is 0.267 e. The van der Waals surface area contributed by atoms with E-state index in [1.54, 1.807) is 17.6 Å². The van der Waals surface area contributed by atoms with Crippen LogP contribution in [0.15, 0.2) is 48.5 Å². The average Bonchev–Trinajstić information content (AvgIpc) is 3.43. The molecule has 0 saturated heterocycles. The first-order chi connectivity index (χ1) is 14.1. The predicted octanol–water partition coefficient (Wildman–Crippen LogP) is 2.85. The lowest BCUT2D eigenvalue weighted by Crippen LogP contribution is -2.26. The van der Waals surface area contributed by atoms with Gasteiger partial charge in [0.15, 0.2) is 5.75 Å². The monoisotopic (exact) mass is 392 g/mol. The minimum atomic E-state index is -0.599. The van der Waals surface area contributed by atoms with Crippen molar-refractivity contribution >= 4 is 29.5 Å². The molecule has 1 aliphatic heterocycles. The van der Waals surface area contributed by atoms with Crippen molar-refractivity contribution in [3.8, 4) is 5.75 Å². The maximum absolute atomic E-state index is 12.9. The molecule has 0 spiro atoms. The molecule has 3 N–H and O–H groups in total. The minimum absolute atomic E-state index is 0.115. The molecule has 0 radical (unpaired) electrons. The highest BCUT2D eigenvalue weighted by atomic mass is 17.2. The molecule has 1 aliphatic carbocycles. The van der Waals surface area contributed by atoms with Crippen molar-refractivity contribution in [3.05, 3.63) is 70.8 Å². The first-order valence-electron chi connectivity index (χ1n) is 9.30. The van der Waals surface area contributed by atoms with Crippen LogP contribution >= 0.6 is 0 Å². The van der Waals surface area contributed by atoms with Crippen LogP contribution in [0.25, 0.3) is 17.7 Å². The Labute approximate surface area is 167 Å². The van der Waals surface area contributed by atoms with Crippen molar-refractivity contribution in [3.63, 3.8) is 0 Å². The van der Waals surface area contributed by atoms with Crippen LogP contribution in [0.2, 0.25) is 0 Å². The number of fused-ring (bicyclic) bond motifs is 1. The fraction of sp³-hybridized carbons (Fsp3) is 0.182. The summed E-state index contributed by atoms with van der Waals surface area (Å²) >= 11 is 0. The Morgan fingerprint density at radius 3 is 2.55 bits per heavy atom. The van der Waals surface area contributed by atoms with Gasteiger partial charge >= 0.3 is 0 Å². The lowest BCUT2D eigenvalue weighted by Gasteiger charge is -2.10. The van der Waals surface area contributed by atoms with Crippen LogP contribution in [-0.2, 0) is 21.1 Å². The van der Waals surface area contributed by atoms with Gasteiger partial charge in [0.05, 0.1) is 0 Å². The third-order valence-electron chi connectivity index (χ3n) is 4.68. The van der Waals surface area contributed by atoms with E-state index in [0.717, 1.165) is 35.1 Å². The Morgan fingerprint density at radius 2 is 1.83 bits per heavy atom. The van der Waals surface area contributed by atoms with Gasteiger partial charge in [-0.2, -0.15) is 4.89 Å². The van der Waals surface area contributed by atoms with Crippen LogP contribution in [0.4, 0.5) is 0 Å². The molecule has 2 aromatic rings. The Balaban J connectivity index is 1.61. The number of carbonyl (C=O) groups is 2. The average molecular weight is 392 g/mol. The zero-order valence-electron chi connectivity index (χ0n) is 15.6. The summed E-state index contributed by atoms with van der Waals surface area (Å²) in [6.45, 7) is 0.350. The molecule has 2 amide bonds. The van der Waals surface area contributed by atoms with E-state index in [2.05, 4.69) is 5.32 Å². The van der Waals surface area contributed by atoms with E-state index >= 15 is 0 Å². The molecule has 148 valence electrons. The van der Waals surface area contributed by atoms with Gasteiger partial charge in [-0.3, -0.25) is 14.8 Å². The Bertz CT molecular complexity index is 991. The highest BCUT2D eigenvalue weighted by Gasteiger charge is 2.26. The maximum atomic E-state index is 12.9. The van der Waals surface area contributed by atoms with Crippen molar-refractivity contribution < 1.29 is 24.6 Å². The van der Waals surface area contributed by atoms with E-state index in [9.17, 15) is 9.59 Å². The summed E-state index contributed by atoms with van der Waals surface area (Å²) in [4.78, 5) is 34.0. The van der Waals surface area contributed by atoms with Crippen molar-refractivity contribution in [1.82, 2.24) is 10.8 Å². The summed E-state index contributed by atoms with van der Waals surface area (Å²) in [6.07, 6.45) is 6.67. The number of benzene rings is 2. The number of hydroxylamine groups is 1. The zero-order valence-corrected chi connectivity index (χ0v) is 15.6. The number of hydrogen-bond acceptors (Lipinski definition) is 5. The molecule has 0 aromatic heterocycles. The Morgan fingerprint density at radius 1 is 1.07 bits per heavy atom. The number of amides is 2. The van der Waals surface area contributed by atoms with E-state index in [1.807, 2.05) is 42.5 Å². The molecule has 0 atom stereocenters. The quantitative estimate of drug-likeness (QED) is 0.231. The highest BCUT2D eigenvalue weighted by molar-refractivity contribution is 6.24. The summed E-state index contributed by atoms with van der Waals surface area (Å²) in [5.74, 6) is -0.0489. The van der Waals surface area contributed by atoms with E-state index in [1.165, 1.54) is 6.08 Å². The normalized spacial score (nSPS) is 15.7. The van der Waals surface area contributed by atoms with Crippen LogP contribution in [0, 0.1) is 0 Å². The molecule has 7 heteroatoms. The summed E-state index contributed by atoms with van der Waals surface area (Å²) in [6, 6.07) is 13.2. The second-order valence-electron chi connectivity index (χ2n) is 6.95. The Kier molecular flexibility index (Phi) is 5.41. The lowest BCUT2D eigenvalue weighted by molar-refractivity contribution is -0.194. The first kappa shape index (κ1) is 18.9. The Hall–Kier alpha value is -3.42. The molecule has 2 aromatic carbocycles. The van der Waals surface area contributed by atoms with Gasteiger partial charge in [0, 0.05) is 23.3 Å². The largest absolute Gasteiger partial charge is 0.349 e. The van der Waals surface area contributed by atoms with Crippen LogP contribution in [-0.4, -0.2) is 23.1 Å². The van der Waals surface area contributed by atoms with Crippen LogP contribution in [0.5, 0.6) is 5.75 Å². The molecule has 4 rings (SSSR count). The maximum Gasteiger partial charge on any atom is 0.267 e. The summed E-state index contributed by atoms with van der Waals surface area (Å²) < 4.78 is 0. The van der Waals surface area contributed by atoms with Gasteiger partial charge in [-0.05, 0) is 53.8 Å². The SMILES string of the molecule is O=C(C=Cc1ccc(C=C(C(=O)NC2CC2)c2ccc3c(c2)COO3)cc1)NO. The number of rotatable bonds is 6. The van der Waals surface area contributed by atoms with E-state index in [-0.39, 0.29) is 11.9 Å². The van der Waals surface area contributed by atoms with Gasteiger partial charge in [-0.15, -0.1) is 0 Å². The second-order valence-corrected chi connectivity index (χ2v) is 6.95. The van der Waals surface area contributed by atoms with Gasteiger partial charge in [-0.1, -0.05) is 30.3 Å². The first-order valence-corrected chi connectivity index (χ1v) is 9.30. The molecule has 1 saturated carbocycles. The molecule has 1 fully saturated rings. The molecule has 2 aliphatic rings. The number of carbonyl (C=O) groups excluding carboxylic acids is 2. The van der Waals surface area contributed by atoms with Crippen LogP contribution < -0.4 is 15.7 Å². The molecule has 29 heavy (non-hydrogen) atoms. The van der Waals surface area contributed by atoms with Crippen molar-refractivity contribution in [1.29, 1.82) is 0 Å². The topological polar surface area (TPSA) is 96.9 Å². The third kappa shape index (κ3) is 4.71. The van der Waals surface area contributed by atoms with Crippen LogP contribution in [0.3, 0.4) is 0 Å².